The maximum absolute atomic E-state index is 11.8. The van der Waals surface area contributed by atoms with E-state index < -0.39 is 0 Å². The van der Waals surface area contributed by atoms with Crippen LogP contribution in [0.1, 0.15) is 18.9 Å². The van der Waals surface area contributed by atoms with E-state index in [4.69, 9.17) is 4.74 Å². The number of hydrogen-bond donors (Lipinski definition) is 2. The Kier molecular flexibility index (Phi) is 7.36. The molecule has 0 aromatic heterocycles. The number of benzene rings is 1. The Bertz CT molecular complexity index is 442. The molecule has 2 N–H and O–H groups in total. The number of morpholine rings is 1. The Morgan fingerprint density at radius 2 is 1.95 bits per heavy atom. The van der Waals surface area contributed by atoms with Gasteiger partial charge in [-0.3, -0.25) is 9.69 Å². The molecule has 0 spiro atoms. The van der Waals surface area contributed by atoms with Gasteiger partial charge < -0.3 is 15.4 Å². The number of anilines is 1. The third-order valence-corrected chi connectivity index (χ3v) is 3.86. The molecule has 0 atom stereocenters. The third-order valence-electron chi connectivity index (χ3n) is 3.86. The molecule has 1 aliphatic heterocycles. The maximum Gasteiger partial charge on any atom is 0.238 e. The molecular weight excluding hydrogens is 278 g/mol. The lowest BCUT2D eigenvalue weighted by molar-refractivity contribution is -0.115. The van der Waals surface area contributed by atoms with Gasteiger partial charge in [0.2, 0.25) is 5.91 Å². The highest BCUT2D eigenvalue weighted by Gasteiger charge is 2.09. The molecule has 2 rings (SSSR count). The van der Waals surface area contributed by atoms with Crippen molar-refractivity contribution in [2.75, 3.05) is 51.3 Å². The number of carbonyl (C=O) groups is 1. The van der Waals surface area contributed by atoms with E-state index in [0.717, 1.165) is 57.9 Å². The minimum absolute atomic E-state index is 0.00983. The molecule has 0 aliphatic carbocycles. The first kappa shape index (κ1) is 16.9. The van der Waals surface area contributed by atoms with Gasteiger partial charge >= 0.3 is 0 Å². The van der Waals surface area contributed by atoms with Crippen molar-refractivity contribution in [1.29, 1.82) is 0 Å². The molecule has 1 aromatic carbocycles. The Morgan fingerprint density at radius 3 is 2.64 bits per heavy atom. The minimum atomic E-state index is 0.00983. The smallest absolute Gasteiger partial charge is 0.238 e. The summed E-state index contributed by atoms with van der Waals surface area (Å²) >= 11 is 0. The van der Waals surface area contributed by atoms with Gasteiger partial charge in [0, 0.05) is 18.8 Å². The number of aryl methyl sites for hydroxylation is 1. The standard InChI is InChI=1S/C17H27N3O2/c1-2-15-4-6-16(7-5-15)19-17(21)14-18-8-3-9-20-10-12-22-13-11-20/h4-7,18H,2-3,8-14H2,1H3,(H,19,21). The van der Waals surface area contributed by atoms with E-state index in [1.54, 1.807) is 0 Å². The van der Waals surface area contributed by atoms with Crippen molar-refractivity contribution in [1.82, 2.24) is 10.2 Å². The highest BCUT2D eigenvalue weighted by molar-refractivity contribution is 5.92. The van der Waals surface area contributed by atoms with Gasteiger partial charge in [0.05, 0.1) is 19.8 Å². The van der Waals surface area contributed by atoms with E-state index in [1.807, 2.05) is 24.3 Å². The molecule has 0 radical (unpaired) electrons. The molecule has 0 unspecified atom stereocenters. The maximum atomic E-state index is 11.8. The zero-order chi connectivity index (χ0) is 15.6. The molecule has 1 aliphatic rings. The zero-order valence-corrected chi connectivity index (χ0v) is 13.4. The molecule has 1 aromatic rings. The molecule has 5 heteroatoms. The number of nitrogens with one attached hydrogen (secondary N) is 2. The molecule has 1 amide bonds. The number of hydrogen-bond acceptors (Lipinski definition) is 4. The number of ether oxygens (including phenoxy) is 1. The molecule has 22 heavy (non-hydrogen) atoms. The molecule has 1 heterocycles. The van der Waals surface area contributed by atoms with Gasteiger partial charge in [-0.25, -0.2) is 0 Å². The summed E-state index contributed by atoms with van der Waals surface area (Å²) in [5.74, 6) is 0.00983. The van der Waals surface area contributed by atoms with Gasteiger partial charge in [0.1, 0.15) is 0 Å². The fraction of sp³-hybridized carbons (Fsp3) is 0.588. The second kappa shape index (κ2) is 9.56. The number of amides is 1. The number of carbonyl (C=O) groups excluding carboxylic acids is 1. The van der Waals surface area contributed by atoms with Crippen LogP contribution < -0.4 is 10.6 Å². The molecule has 1 fully saturated rings. The van der Waals surface area contributed by atoms with Crippen LogP contribution in [0, 0.1) is 0 Å². The summed E-state index contributed by atoms with van der Waals surface area (Å²) in [4.78, 5) is 14.2. The highest BCUT2D eigenvalue weighted by atomic mass is 16.5. The Balaban J connectivity index is 1.55. The third kappa shape index (κ3) is 6.13. The summed E-state index contributed by atoms with van der Waals surface area (Å²) in [7, 11) is 0. The molecule has 1 saturated heterocycles. The summed E-state index contributed by atoms with van der Waals surface area (Å²) in [6.45, 7) is 8.13. The van der Waals surface area contributed by atoms with Crippen LogP contribution in [0.3, 0.4) is 0 Å². The quantitative estimate of drug-likeness (QED) is 0.715. The fourth-order valence-corrected chi connectivity index (χ4v) is 2.48. The Morgan fingerprint density at radius 1 is 1.23 bits per heavy atom. The molecule has 0 bridgehead atoms. The first-order chi connectivity index (χ1) is 10.8. The van der Waals surface area contributed by atoms with E-state index >= 15 is 0 Å². The van der Waals surface area contributed by atoms with Crippen molar-refractivity contribution in [3.8, 4) is 0 Å². The van der Waals surface area contributed by atoms with Gasteiger partial charge in [-0.1, -0.05) is 19.1 Å². The van der Waals surface area contributed by atoms with Crippen LogP contribution in [-0.2, 0) is 16.0 Å². The topological polar surface area (TPSA) is 53.6 Å². The second-order valence-electron chi connectivity index (χ2n) is 5.58. The molecule has 122 valence electrons. The summed E-state index contributed by atoms with van der Waals surface area (Å²) in [6, 6.07) is 8.00. The first-order valence-electron chi connectivity index (χ1n) is 8.17. The van der Waals surface area contributed by atoms with Crippen molar-refractivity contribution in [3.63, 3.8) is 0 Å². The normalized spacial score (nSPS) is 15.7. The van der Waals surface area contributed by atoms with Crippen molar-refractivity contribution >= 4 is 11.6 Å². The largest absolute Gasteiger partial charge is 0.379 e. The summed E-state index contributed by atoms with van der Waals surface area (Å²) < 4.78 is 5.32. The van der Waals surface area contributed by atoms with E-state index in [-0.39, 0.29) is 5.91 Å². The summed E-state index contributed by atoms with van der Waals surface area (Å²) in [6.07, 6.45) is 2.07. The predicted molar refractivity (Wildman–Crippen MR) is 89.2 cm³/mol. The van der Waals surface area contributed by atoms with Crippen LogP contribution in [0.25, 0.3) is 0 Å². The van der Waals surface area contributed by atoms with Crippen molar-refractivity contribution in [2.24, 2.45) is 0 Å². The van der Waals surface area contributed by atoms with Crippen LogP contribution in [0.15, 0.2) is 24.3 Å². The van der Waals surface area contributed by atoms with Crippen LogP contribution in [0.5, 0.6) is 0 Å². The summed E-state index contributed by atoms with van der Waals surface area (Å²) in [5.41, 5.74) is 2.14. The number of rotatable bonds is 8. The van der Waals surface area contributed by atoms with Gasteiger partial charge in [-0.05, 0) is 43.6 Å². The average Bonchev–Trinajstić information content (AvgIpc) is 2.56. The van der Waals surface area contributed by atoms with E-state index in [0.29, 0.717) is 6.54 Å². The molecule has 5 nitrogen and oxygen atoms in total. The lowest BCUT2D eigenvalue weighted by Crippen LogP contribution is -2.38. The molecule has 0 saturated carbocycles. The van der Waals surface area contributed by atoms with Gasteiger partial charge in [-0.15, -0.1) is 0 Å². The SMILES string of the molecule is CCc1ccc(NC(=O)CNCCCN2CCOCC2)cc1. The van der Waals surface area contributed by atoms with E-state index in [1.165, 1.54) is 5.56 Å². The van der Waals surface area contributed by atoms with Crippen molar-refractivity contribution in [2.45, 2.75) is 19.8 Å². The fourth-order valence-electron chi connectivity index (χ4n) is 2.48. The van der Waals surface area contributed by atoms with Gasteiger partial charge in [0.15, 0.2) is 0 Å². The first-order valence-corrected chi connectivity index (χ1v) is 8.17. The number of nitrogens with zero attached hydrogens (tertiary/aromatic N) is 1. The van der Waals surface area contributed by atoms with Gasteiger partial charge in [-0.2, -0.15) is 0 Å². The van der Waals surface area contributed by atoms with Crippen molar-refractivity contribution in [3.05, 3.63) is 29.8 Å². The van der Waals surface area contributed by atoms with Gasteiger partial charge in [0.25, 0.3) is 0 Å². The van der Waals surface area contributed by atoms with Crippen LogP contribution in [0.2, 0.25) is 0 Å². The van der Waals surface area contributed by atoms with E-state index in [9.17, 15) is 4.79 Å². The monoisotopic (exact) mass is 305 g/mol. The average molecular weight is 305 g/mol. The lowest BCUT2D eigenvalue weighted by atomic mass is 10.1. The minimum Gasteiger partial charge on any atom is -0.379 e. The van der Waals surface area contributed by atoms with Crippen molar-refractivity contribution < 1.29 is 9.53 Å². The highest BCUT2D eigenvalue weighted by Crippen LogP contribution is 2.09. The lowest BCUT2D eigenvalue weighted by Gasteiger charge is -2.26. The Labute approximate surface area is 133 Å². The van der Waals surface area contributed by atoms with Crippen LogP contribution in [0.4, 0.5) is 5.69 Å². The van der Waals surface area contributed by atoms with Crippen LogP contribution >= 0.6 is 0 Å². The second-order valence-corrected chi connectivity index (χ2v) is 5.58. The summed E-state index contributed by atoms with van der Waals surface area (Å²) in [5, 5.41) is 6.10. The van der Waals surface area contributed by atoms with E-state index in [2.05, 4.69) is 22.5 Å². The molecular formula is C17H27N3O2. The van der Waals surface area contributed by atoms with Crippen LogP contribution in [-0.4, -0.2) is 56.7 Å². The zero-order valence-electron chi connectivity index (χ0n) is 13.4. The Hall–Kier alpha value is -1.43. The predicted octanol–water partition coefficient (Wildman–Crippen LogP) is 1.50.